The van der Waals surface area contributed by atoms with Gasteiger partial charge in [0.1, 0.15) is 0 Å². The van der Waals surface area contributed by atoms with Crippen molar-refractivity contribution in [1.82, 2.24) is 0 Å². The van der Waals surface area contributed by atoms with E-state index < -0.39 is 0 Å². The molecular weight excluding hydrogens is 312 g/mol. The zero-order valence-electron chi connectivity index (χ0n) is 12.0. The zero-order valence-corrected chi connectivity index (χ0v) is 13.6. The standard InChI is InChI=1S/C17H21BrN2/c1-3-20(15-7-5-4-6-8-15)17(12-19)14-9-10-16(18)13(2)11-14/h4-11,17H,3,12,19H2,1-2H3. The van der Waals surface area contributed by atoms with E-state index in [1.807, 2.05) is 6.07 Å². The molecule has 3 heteroatoms. The highest BCUT2D eigenvalue weighted by atomic mass is 79.9. The number of likely N-dealkylation sites (N-methyl/N-ethyl adjacent to an activating group) is 1. The van der Waals surface area contributed by atoms with Crippen LogP contribution in [0.15, 0.2) is 53.0 Å². The summed E-state index contributed by atoms with van der Waals surface area (Å²) >= 11 is 3.55. The minimum Gasteiger partial charge on any atom is -0.363 e. The summed E-state index contributed by atoms with van der Waals surface area (Å²) in [6.07, 6.45) is 0. The Kier molecular flexibility index (Phi) is 5.21. The topological polar surface area (TPSA) is 29.3 Å². The third kappa shape index (κ3) is 3.22. The predicted octanol–water partition coefficient (Wildman–Crippen LogP) is 4.28. The Morgan fingerprint density at radius 2 is 1.85 bits per heavy atom. The molecule has 0 fully saturated rings. The third-order valence-electron chi connectivity index (χ3n) is 3.59. The van der Waals surface area contributed by atoms with Crippen molar-refractivity contribution in [2.24, 2.45) is 5.73 Å². The highest BCUT2D eigenvalue weighted by molar-refractivity contribution is 9.10. The van der Waals surface area contributed by atoms with Crippen molar-refractivity contribution in [2.75, 3.05) is 18.0 Å². The summed E-state index contributed by atoms with van der Waals surface area (Å²) < 4.78 is 1.14. The molecule has 0 heterocycles. The van der Waals surface area contributed by atoms with Gasteiger partial charge in [-0.05, 0) is 43.2 Å². The summed E-state index contributed by atoms with van der Waals surface area (Å²) in [5.74, 6) is 0. The highest BCUT2D eigenvalue weighted by Gasteiger charge is 2.18. The van der Waals surface area contributed by atoms with Gasteiger partial charge in [-0.1, -0.05) is 46.3 Å². The first-order chi connectivity index (χ1) is 9.67. The molecule has 2 aromatic carbocycles. The molecule has 0 aliphatic carbocycles. The van der Waals surface area contributed by atoms with Crippen LogP contribution in [0.25, 0.3) is 0 Å². The Morgan fingerprint density at radius 1 is 1.15 bits per heavy atom. The molecule has 0 radical (unpaired) electrons. The van der Waals surface area contributed by atoms with Gasteiger partial charge in [0.2, 0.25) is 0 Å². The number of nitrogens with two attached hydrogens (primary N) is 1. The van der Waals surface area contributed by atoms with Crippen LogP contribution < -0.4 is 10.6 Å². The van der Waals surface area contributed by atoms with Gasteiger partial charge in [-0.3, -0.25) is 0 Å². The molecule has 1 unspecified atom stereocenters. The minimum absolute atomic E-state index is 0.203. The molecule has 0 aromatic heterocycles. The van der Waals surface area contributed by atoms with E-state index >= 15 is 0 Å². The Morgan fingerprint density at radius 3 is 2.40 bits per heavy atom. The first kappa shape index (κ1) is 15.1. The number of hydrogen-bond donors (Lipinski definition) is 1. The molecule has 0 saturated heterocycles. The Hall–Kier alpha value is -1.32. The number of halogens is 1. The fourth-order valence-corrected chi connectivity index (χ4v) is 2.77. The van der Waals surface area contributed by atoms with Crippen LogP contribution >= 0.6 is 15.9 Å². The van der Waals surface area contributed by atoms with Crippen molar-refractivity contribution < 1.29 is 0 Å². The van der Waals surface area contributed by atoms with Gasteiger partial charge in [0.25, 0.3) is 0 Å². The number of hydrogen-bond acceptors (Lipinski definition) is 2. The van der Waals surface area contributed by atoms with Gasteiger partial charge in [0.05, 0.1) is 6.04 Å². The van der Waals surface area contributed by atoms with Crippen LogP contribution in [0.4, 0.5) is 5.69 Å². The van der Waals surface area contributed by atoms with Crippen molar-refractivity contribution >= 4 is 21.6 Å². The number of nitrogens with zero attached hydrogens (tertiary/aromatic N) is 1. The van der Waals surface area contributed by atoms with Gasteiger partial charge in [-0.15, -0.1) is 0 Å². The lowest BCUT2D eigenvalue weighted by molar-refractivity contribution is 0.643. The largest absolute Gasteiger partial charge is 0.363 e. The van der Waals surface area contributed by atoms with Crippen molar-refractivity contribution in [2.45, 2.75) is 19.9 Å². The summed E-state index contributed by atoms with van der Waals surface area (Å²) in [6, 6.07) is 17.1. The predicted molar refractivity (Wildman–Crippen MR) is 90.1 cm³/mol. The van der Waals surface area contributed by atoms with Crippen molar-refractivity contribution in [1.29, 1.82) is 0 Å². The SMILES string of the molecule is CCN(c1ccccc1)C(CN)c1ccc(Br)c(C)c1. The molecule has 0 spiro atoms. The summed E-state index contributed by atoms with van der Waals surface area (Å²) in [7, 11) is 0. The fraction of sp³-hybridized carbons (Fsp3) is 0.294. The summed E-state index contributed by atoms with van der Waals surface area (Å²) in [5.41, 5.74) is 9.77. The molecule has 0 bridgehead atoms. The monoisotopic (exact) mass is 332 g/mol. The van der Waals surface area contributed by atoms with Crippen LogP contribution in [0.5, 0.6) is 0 Å². The number of rotatable bonds is 5. The molecular formula is C17H21BrN2. The van der Waals surface area contributed by atoms with Gasteiger partial charge < -0.3 is 10.6 Å². The van der Waals surface area contributed by atoms with E-state index in [-0.39, 0.29) is 6.04 Å². The molecule has 0 amide bonds. The Balaban J connectivity index is 2.36. The third-order valence-corrected chi connectivity index (χ3v) is 4.48. The van der Waals surface area contributed by atoms with Gasteiger partial charge in [0.15, 0.2) is 0 Å². The molecule has 2 N–H and O–H groups in total. The Labute approximate surface area is 129 Å². The lowest BCUT2D eigenvalue weighted by Gasteiger charge is -2.32. The van der Waals surface area contributed by atoms with E-state index in [9.17, 15) is 0 Å². The molecule has 106 valence electrons. The normalized spacial score (nSPS) is 12.2. The molecule has 1 atom stereocenters. The van der Waals surface area contributed by atoms with E-state index in [4.69, 9.17) is 5.73 Å². The van der Waals surface area contributed by atoms with Crippen LogP contribution in [0.2, 0.25) is 0 Å². The van der Waals surface area contributed by atoms with Gasteiger partial charge in [0, 0.05) is 23.2 Å². The second-order valence-electron chi connectivity index (χ2n) is 4.88. The number of benzene rings is 2. The molecule has 0 aliphatic heterocycles. The maximum atomic E-state index is 6.05. The molecule has 2 nitrogen and oxygen atoms in total. The van der Waals surface area contributed by atoms with Crippen molar-refractivity contribution in [3.05, 3.63) is 64.1 Å². The van der Waals surface area contributed by atoms with Crippen LogP contribution in [0, 0.1) is 6.92 Å². The van der Waals surface area contributed by atoms with Gasteiger partial charge in [-0.2, -0.15) is 0 Å². The maximum Gasteiger partial charge on any atom is 0.0664 e. The number of aryl methyl sites for hydroxylation is 1. The molecule has 0 aliphatic rings. The second kappa shape index (κ2) is 6.91. The number of anilines is 1. The number of para-hydroxylation sites is 1. The molecule has 20 heavy (non-hydrogen) atoms. The fourth-order valence-electron chi connectivity index (χ4n) is 2.52. The van der Waals surface area contributed by atoms with Crippen molar-refractivity contribution in [3.63, 3.8) is 0 Å². The minimum atomic E-state index is 0.203. The second-order valence-corrected chi connectivity index (χ2v) is 5.74. The van der Waals surface area contributed by atoms with E-state index in [2.05, 4.69) is 77.1 Å². The van der Waals surface area contributed by atoms with Crippen LogP contribution in [-0.2, 0) is 0 Å². The highest BCUT2D eigenvalue weighted by Crippen LogP contribution is 2.28. The maximum absolute atomic E-state index is 6.05. The first-order valence-electron chi connectivity index (χ1n) is 6.95. The van der Waals surface area contributed by atoms with Crippen LogP contribution in [-0.4, -0.2) is 13.1 Å². The average Bonchev–Trinajstić information content (AvgIpc) is 2.48. The van der Waals surface area contributed by atoms with E-state index in [0.717, 1.165) is 11.0 Å². The van der Waals surface area contributed by atoms with E-state index in [1.54, 1.807) is 0 Å². The smallest absolute Gasteiger partial charge is 0.0664 e. The molecule has 2 rings (SSSR count). The molecule has 2 aromatic rings. The van der Waals surface area contributed by atoms with E-state index in [1.165, 1.54) is 16.8 Å². The van der Waals surface area contributed by atoms with Crippen molar-refractivity contribution in [3.8, 4) is 0 Å². The quantitative estimate of drug-likeness (QED) is 0.885. The summed E-state index contributed by atoms with van der Waals surface area (Å²) in [6.45, 7) is 5.81. The first-order valence-corrected chi connectivity index (χ1v) is 7.74. The van der Waals surface area contributed by atoms with Crippen LogP contribution in [0.3, 0.4) is 0 Å². The van der Waals surface area contributed by atoms with Crippen LogP contribution in [0.1, 0.15) is 24.1 Å². The van der Waals surface area contributed by atoms with E-state index in [0.29, 0.717) is 6.54 Å². The average molecular weight is 333 g/mol. The van der Waals surface area contributed by atoms with Gasteiger partial charge in [-0.25, -0.2) is 0 Å². The summed E-state index contributed by atoms with van der Waals surface area (Å²) in [5, 5.41) is 0. The van der Waals surface area contributed by atoms with Gasteiger partial charge >= 0.3 is 0 Å². The molecule has 0 saturated carbocycles. The lowest BCUT2D eigenvalue weighted by Crippen LogP contribution is -2.33. The zero-order chi connectivity index (χ0) is 14.5. The Bertz CT molecular complexity index is 554. The lowest BCUT2D eigenvalue weighted by atomic mass is 10.0. The summed E-state index contributed by atoms with van der Waals surface area (Å²) in [4.78, 5) is 2.35.